The number of likely N-dealkylation sites (tertiary alicyclic amines) is 1. The third-order valence-corrected chi connectivity index (χ3v) is 8.66. The van der Waals surface area contributed by atoms with E-state index in [4.69, 9.17) is 0 Å². The summed E-state index contributed by atoms with van der Waals surface area (Å²) in [5, 5.41) is 4.83. The Balaban J connectivity index is 1.40. The number of nitrogens with one attached hydrogen (secondary N) is 1. The fourth-order valence-corrected chi connectivity index (χ4v) is 6.12. The van der Waals surface area contributed by atoms with Gasteiger partial charge in [0, 0.05) is 43.3 Å². The highest BCUT2D eigenvalue weighted by molar-refractivity contribution is 7.89. The van der Waals surface area contributed by atoms with Crippen LogP contribution in [0.2, 0.25) is 0 Å². The summed E-state index contributed by atoms with van der Waals surface area (Å²) in [6.45, 7) is 5.35. The van der Waals surface area contributed by atoms with Crippen molar-refractivity contribution in [1.29, 1.82) is 0 Å². The smallest absolute Gasteiger partial charge is 0.254 e. The van der Waals surface area contributed by atoms with Gasteiger partial charge in [0.25, 0.3) is 5.91 Å². The Hall–Kier alpha value is -3.23. The molecule has 35 heavy (non-hydrogen) atoms. The predicted octanol–water partition coefficient (Wildman–Crippen LogP) is 4.36. The maximum absolute atomic E-state index is 13.2. The number of hydrogen-bond donors (Lipinski definition) is 1. The third-order valence-electron chi connectivity index (χ3n) is 6.62. The summed E-state index contributed by atoms with van der Waals surface area (Å²) < 4.78 is 27.0. The number of benzene rings is 3. The van der Waals surface area contributed by atoms with Gasteiger partial charge in [-0.15, -0.1) is 0 Å². The molecule has 1 saturated heterocycles. The lowest BCUT2D eigenvalue weighted by atomic mass is 9.94. The largest absolute Gasteiger partial charge is 0.339 e. The van der Waals surface area contributed by atoms with Crippen LogP contribution >= 0.6 is 0 Å². The van der Waals surface area contributed by atoms with E-state index in [-0.39, 0.29) is 22.6 Å². The number of anilines is 1. The molecule has 1 aliphatic rings. The van der Waals surface area contributed by atoms with E-state index in [1.807, 2.05) is 47.4 Å². The first-order valence-corrected chi connectivity index (χ1v) is 13.5. The number of hydrogen-bond acceptors (Lipinski definition) is 4. The van der Waals surface area contributed by atoms with E-state index in [1.54, 1.807) is 32.0 Å². The Bertz CT molecular complexity index is 1320. The molecule has 0 aromatic heterocycles. The zero-order valence-electron chi connectivity index (χ0n) is 20.1. The topological polar surface area (TPSA) is 86.8 Å². The first-order chi connectivity index (χ1) is 16.8. The summed E-state index contributed by atoms with van der Waals surface area (Å²) >= 11 is 0. The van der Waals surface area contributed by atoms with Crippen molar-refractivity contribution in [1.82, 2.24) is 9.21 Å². The van der Waals surface area contributed by atoms with Crippen LogP contribution in [0.3, 0.4) is 0 Å². The standard InChI is InChI=1S/C27H31N3O4S/c1-3-30(4-2)35(33,34)23-12-8-11-22(19-23)28-26(31)21-15-17-29(18-16-21)27(32)25-14-7-10-20-9-5-6-13-24(20)25/h5-14,19,21H,3-4,15-18H2,1-2H3,(H,28,31). The summed E-state index contributed by atoms with van der Waals surface area (Å²) in [6.07, 6.45) is 1.11. The Morgan fingerprint density at radius 2 is 1.60 bits per heavy atom. The molecule has 1 aliphatic heterocycles. The lowest BCUT2D eigenvalue weighted by Gasteiger charge is -2.31. The van der Waals surface area contributed by atoms with E-state index >= 15 is 0 Å². The molecule has 0 aliphatic carbocycles. The first-order valence-electron chi connectivity index (χ1n) is 12.0. The molecule has 2 amide bonds. The summed E-state index contributed by atoms with van der Waals surface area (Å²) in [4.78, 5) is 28.1. The molecule has 0 spiro atoms. The van der Waals surface area contributed by atoms with E-state index in [1.165, 1.54) is 10.4 Å². The SMILES string of the molecule is CCN(CC)S(=O)(=O)c1cccc(NC(=O)C2CCN(C(=O)c3cccc4ccccc34)CC2)c1. The number of piperidine rings is 1. The molecule has 4 rings (SSSR count). The Kier molecular flexibility index (Phi) is 7.52. The van der Waals surface area contributed by atoms with E-state index in [2.05, 4.69) is 5.32 Å². The van der Waals surface area contributed by atoms with Crippen molar-refractivity contribution >= 4 is 38.3 Å². The quantitative estimate of drug-likeness (QED) is 0.530. The monoisotopic (exact) mass is 493 g/mol. The molecule has 0 atom stereocenters. The minimum Gasteiger partial charge on any atom is -0.339 e. The van der Waals surface area contributed by atoms with E-state index in [0.29, 0.717) is 50.3 Å². The van der Waals surface area contributed by atoms with Crippen LogP contribution < -0.4 is 5.32 Å². The second-order valence-corrected chi connectivity index (χ2v) is 10.6. The molecule has 1 fully saturated rings. The number of fused-ring (bicyclic) bond motifs is 1. The normalized spacial score (nSPS) is 14.9. The van der Waals surface area contributed by atoms with Crippen LogP contribution in [0.5, 0.6) is 0 Å². The number of sulfonamides is 1. The maximum Gasteiger partial charge on any atom is 0.254 e. The van der Waals surface area contributed by atoms with Crippen LogP contribution in [0.1, 0.15) is 37.0 Å². The van der Waals surface area contributed by atoms with E-state index in [0.717, 1.165) is 10.8 Å². The first kappa shape index (κ1) is 24.9. The summed E-state index contributed by atoms with van der Waals surface area (Å²) in [5.74, 6) is -0.413. The Morgan fingerprint density at radius 3 is 2.31 bits per heavy atom. The Labute approximate surface area is 206 Å². The number of carbonyl (C=O) groups excluding carboxylic acids is 2. The number of rotatable bonds is 7. The second-order valence-electron chi connectivity index (χ2n) is 8.70. The fraction of sp³-hybridized carbons (Fsp3) is 0.333. The molecule has 0 unspecified atom stereocenters. The minimum atomic E-state index is -3.61. The van der Waals surface area contributed by atoms with Crippen molar-refractivity contribution in [2.24, 2.45) is 5.92 Å². The van der Waals surface area contributed by atoms with Gasteiger partial charge >= 0.3 is 0 Å². The van der Waals surface area contributed by atoms with E-state index in [9.17, 15) is 18.0 Å². The van der Waals surface area contributed by atoms with Gasteiger partial charge in [-0.05, 0) is 47.9 Å². The van der Waals surface area contributed by atoms with Crippen molar-refractivity contribution in [2.45, 2.75) is 31.6 Å². The van der Waals surface area contributed by atoms with Gasteiger partial charge < -0.3 is 10.2 Å². The summed E-state index contributed by atoms with van der Waals surface area (Å²) in [6, 6.07) is 19.9. The van der Waals surface area contributed by atoms with Crippen molar-refractivity contribution < 1.29 is 18.0 Å². The van der Waals surface area contributed by atoms with Crippen molar-refractivity contribution in [3.05, 3.63) is 72.3 Å². The highest BCUT2D eigenvalue weighted by Crippen LogP contribution is 2.25. The Morgan fingerprint density at radius 1 is 0.943 bits per heavy atom. The number of amides is 2. The molecule has 3 aromatic rings. The van der Waals surface area contributed by atoms with Gasteiger partial charge in [-0.25, -0.2) is 8.42 Å². The van der Waals surface area contributed by atoms with Gasteiger partial charge in [-0.3, -0.25) is 9.59 Å². The summed E-state index contributed by atoms with van der Waals surface area (Å²) in [7, 11) is -3.61. The van der Waals surface area contributed by atoms with Crippen LogP contribution in [0.15, 0.2) is 71.6 Å². The fourth-order valence-electron chi connectivity index (χ4n) is 4.62. The van der Waals surface area contributed by atoms with Gasteiger partial charge in [0.2, 0.25) is 15.9 Å². The predicted molar refractivity (Wildman–Crippen MR) is 138 cm³/mol. The molecule has 0 saturated carbocycles. The second kappa shape index (κ2) is 10.6. The van der Waals surface area contributed by atoms with Gasteiger partial charge in [0.1, 0.15) is 0 Å². The highest BCUT2D eigenvalue weighted by atomic mass is 32.2. The van der Waals surface area contributed by atoms with Gasteiger partial charge in [0.05, 0.1) is 4.90 Å². The highest BCUT2D eigenvalue weighted by Gasteiger charge is 2.29. The van der Waals surface area contributed by atoms with Gasteiger partial charge in [-0.2, -0.15) is 4.31 Å². The van der Waals surface area contributed by atoms with Crippen LogP contribution in [0.25, 0.3) is 10.8 Å². The van der Waals surface area contributed by atoms with E-state index < -0.39 is 10.0 Å². The van der Waals surface area contributed by atoms with Crippen LogP contribution in [0, 0.1) is 5.92 Å². The van der Waals surface area contributed by atoms with Crippen molar-refractivity contribution in [3.63, 3.8) is 0 Å². The maximum atomic E-state index is 13.2. The van der Waals surface area contributed by atoms with Crippen molar-refractivity contribution in [2.75, 3.05) is 31.5 Å². The molecule has 3 aromatic carbocycles. The number of nitrogens with zero attached hydrogens (tertiary/aromatic N) is 2. The average Bonchev–Trinajstić information content (AvgIpc) is 2.88. The van der Waals surface area contributed by atoms with Crippen LogP contribution in [-0.2, 0) is 14.8 Å². The molecule has 1 N–H and O–H groups in total. The lowest BCUT2D eigenvalue weighted by Crippen LogP contribution is -2.41. The molecule has 1 heterocycles. The molecule has 8 heteroatoms. The number of carbonyl (C=O) groups is 2. The molecule has 0 bridgehead atoms. The van der Waals surface area contributed by atoms with Crippen LogP contribution in [-0.4, -0.2) is 55.6 Å². The molecule has 0 radical (unpaired) electrons. The lowest BCUT2D eigenvalue weighted by molar-refractivity contribution is -0.121. The average molecular weight is 494 g/mol. The van der Waals surface area contributed by atoms with Crippen LogP contribution in [0.4, 0.5) is 5.69 Å². The minimum absolute atomic E-state index is 0.0185. The molecule has 184 valence electrons. The summed E-state index contributed by atoms with van der Waals surface area (Å²) in [5.41, 5.74) is 1.13. The third kappa shape index (κ3) is 5.23. The van der Waals surface area contributed by atoms with Gasteiger partial charge in [-0.1, -0.05) is 56.3 Å². The molecular formula is C27H31N3O4S. The zero-order valence-corrected chi connectivity index (χ0v) is 20.9. The zero-order chi connectivity index (χ0) is 25.0. The molecular weight excluding hydrogens is 462 g/mol. The van der Waals surface area contributed by atoms with Gasteiger partial charge in [0.15, 0.2) is 0 Å². The molecule has 7 nitrogen and oxygen atoms in total. The van der Waals surface area contributed by atoms with Crippen molar-refractivity contribution in [3.8, 4) is 0 Å².